The highest BCUT2D eigenvalue weighted by atomic mass is 16.5. The molecule has 0 radical (unpaired) electrons. The van der Waals surface area contributed by atoms with Gasteiger partial charge >= 0.3 is 0 Å². The Morgan fingerprint density at radius 1 is 1.38 bits per heavy atom. The third-order valence-corrected chi connectivity index (χ3v) is 3.46. The van der Waals surface area contributed by atoms with Crippen molar-refractivity contribution in [1.29, 1.82) is 5.26 Å². The van der Waals surface area contributed by atoms with Crippen LogP contribution in [-0.4, -0.2) is 18.8 Å². The average molecular weight is 282 g/mol. The van der Waals surface area contributed by atoms with Crippen molar-refractivity contribution < 1.29 is 14.6 Å². The maximum absolute atomic E-state index is 9.47. The maximum atomic E-state index is 9.47. The van der Waals surface area contributed by atoms with Gasteiger partial charge in [0.2, 0.25) is 0 Å². The first-order valence-electron chi connectivity index (χ1n) is 6.52. The summed E-state index contributed by atoms with van der Waals surface area (Å²) < 4.78 is 10.9. The standard InChI is InChI=1S/C16H14N2O3/c1-20-14-4-2-3-10(8-17)16(14)18-13-9-21-15-7-11(19)5-6-12(13)15/h2-7,13,18-19H,9H2,1H3. The number of anilines is 1. The van der Waals surface area contributed by atoms with Crippen LogP contribution in [0.5, 0.6) is 17.2 Å². The van der Waals surface area contributed by atoms with Gasteiger partial charge in [-0.2, -0.15) is 5.26 Å². The second kappa shape index (κ2) is 5.25. The zero-order valence-electron chi connectivity index (χ0n) is 11.5. The fraction of sp³-hybridized carbons (Fsp3) is 0.188. The van der Waals surface area contributed by atoms with Crippen LogP contribution in [0.4, 0.5) is 5.69 Å². The minimum atomic E-state index is -0.0935. The summed E-state index contributed by atoms with van der Waals surface area (Å²) >= 11 is 0. The summed E-state index contributed by atoms with van der Waals surface area (Å²) in [6.45, 7) is 0.432. The number of phenolic OH excluding ortho intramolecular Hbond substituents is 1. The maximum Gasteiger partial charge on any atom is 0.143 e. The molecule has 0 amide bonds. The smallest absolute Gasteiger partial charge is 0.143 e. The molecule has 1 aliphatic rings. The molecular formula is C16H14N2O3. The van der Waals surface area contributed by atoms with E-state index in [4.69, 9.17) is 9.47 Å². The molecule has 21 heavy (non-hydrogen) atoms. The van der Waals surface area contributed by atoms with Crippen LogP contribution in [0.2, 0.25) is 0 Å². The second-order valence-corrected chi connectivity index (χ2v) is 4.72. The zero-order chi connectivity index (χ0) is 14.8. The van der Waals surface area contributed by atoms with Crippen LogP contribution >= 0.6 is 0 Å². The quantitative estimate of drug-likeness (QED) is 0.905. The van der Waals surface area contributed by atoms with Crippen molar-refractivity contribution in [3.63, 3.8) is 0 Å². The minimum Gasteiger partial charge on any atom is -0.508 e. The fourth-order valence-corrected chi connectivity index (χ4v) is 2.44. The molecule has 0 aliphatic carbocycles. The molecule has 106 valence electrons. The molecule has 1 atom stereocenters. The second-order valence-electron chi connectivity index (χ2n) is 4.72. The predicted molar refractivity (Wildman–Crippen MR) is 77.7 cm³/mol. The first-order chi connectivity index (χ1) is 10.2. The van der Waals surface area contributed by atoms with Gasteiger partial charge in [-0.15, -0.1) is 0 Å². The first kappa shape index (κ1) is 13.1. The summed E-state index contributed by atoms with van der Waals surface area (Å²) in [7, 11) is 1.57. The highest BCUT2D eigenvalue weighted by Gasteiger charge is 2.26. The number of para-hydroxylation sites is 1. The van der Waals surface area contributed by atoms with Gasteiger partial charge in [-0.1, -0.05) is 6.07 Å². The number of phenols is 1. The number of hydrogen-bond acceptors (Lipinski definition) is 5. The van der Waals surface area contributed by atoms with E-state index in [0.717, 1.165) is 5.56 Å². The molecule has 2 aromatic carbocycles. The molecule has 5 heteroatoms. The Hall–Kier alpha value is -2.87. The minimum absolute atomic E-state index is 0.0935. The van der Waals surface area contributed by atoms with E-state index in [1.54, 1.807) is 37.4 Å². The summed E-state index contributed by atoms with van der Waals surface area (Å²) in [5, 5.41) is 22.0. The molecule has 0 fully saturated rings. The van der Waals surface area contributed by atoms with Crippen molar-refractivity contribution in [2.45, 2.75) is 6.04 Å². The molecule has 0 bridgehead atoms. The van der Waals surface area contributed by atoms with Crippen LogP contribution in [-0.2, 0) is 0 Å². The lowest BCUT2D eigenvalue weighted by Gasteiger charge is -2.17. The van der Waals surface area contributed by atoms with E-state index < -0.39 is 0 Å². The van der Waals surface area contributed by atoms with Gasteiger partial charge in [-0.05, 0) is 24.3 Å². The molecular weight excluding hydrogens is 268 g/mol. The third kappa shape index (κ3) is 2.32. The number of fused-ring (bicyclic) bond motifs is 1. The van der Waals surface area contributed by atoms with E-state index in [1.807, 2.05) is 6.07 Å². The lowest BCUT2D eigenvalue weighted by Crippen LogP contribution is -2.13. The summed E-state index contributed by atoms with van der Waals surface area (Å²) in [6.07, 6.45) is 0. The van der Waals surface area contributed by atoms with Gasteiger partial charge in [-0.3, -0.25) is 0 Å². The Morgan fingerprint density at radius 2 is 2.24 bits per heavy atom. The summed E-state index contributed by atoms with van der Waals surface area (Å²) in [5.41, 5.74) is 2.11. The van der Waals surface area contributed by atoms with Gasteiger partial charge in [0.05, 0.1) is 24.4 Å². The Labute approximate surface area is 122 Å². The Balaban J connectivity index is 1.95. The van der Waals surface area contributed by atoms with Gasteiger partial charge in [0.1, 0.15) is 29.9 Å². The molecule has 0 saturated heterocycles. The Kier molecular flexibility index (Phi) is 3.28. The SMILES string of the molecule is COc1cccc(C#N)c1NC1COc2cc(O)ccc21. The highest BCUT2D eigenvalue weighted by Crippen LogP contribution is 2.39. The van der Waals surface area contributed by atoms with Crippen LogP contribution < -0.4 is 14.8 Å². The molecule has 2 aromatic rings. The monoisotopic (exact) mass is 282 g/mol. The molecule has 0 spiro atoms. The number of nitriles is 1. The van der Waals surface area contributed by atoms with Gasteiger partial charge < -0.3 is 19.9 Å². The molecule has 0 aromatic heterocycles. The van der Waals surface area contributed by atoms with Crippen LogP contribution in [0.1, 0.15) is 17.2 Å². The van der Waals surface area contributed by atoms with E-state index in [9.17, 15) is 10.4 Å². The van der Waals surface area contributed by atoms with E-state index in [1.165, 1.54) is 0 Å². The van der Waals surface area contributed by atoms with E-state index in [0.29, 0.717) is 29.4 Å². The van der Waals surface area contributed by atoms with Crippen molar-refractivity contribution >= 4 is 5.69 Å². The van der Waals surface area contributed by atoms with Gasteiger partial charge in [0.25, 0.3) is 0 Å². The largest absolute Gasteiger partial charge is 0.508 e. The number of rotatable bonds is 3. The number of nitrogens with one attached hydrogen (secondary N) is 1. The number of aromatic hydroxyl groups is 1. The fourth-order valence-electron chi connectivity index (χ4n) is 2.44. The molecule has 1 heterocycles. The van der Waals surface area contributed by atoms with Crippen molar-refractivity contribution in [3.05, 3.63) is 47.5 Å². The Bertz CT molecular complexity index is 722. The normalized spacial score (nSPS) is 15.7. The van der Waals surface area contributed by atoms with Gasteiger partial charge in [0.15, 0.2) is 0 Å². The number of hydrogen-bond donors (Lipinski definition) is 2. The van der Waals surface area contributed by atoms with E-state index in [-0.39, 0.29) is 11.8 Å². The van der Waals surface area contributed by atoms with Gasteiger partial charge in [-0.25, -0.2) is 0 Å². The van der Waals surface area contributed by atoms with Crippen LogP contribution in [0.25, 0.3) is 0 Å². The average Bonchev–Trinajstić information content (AvgIpc) is 2.89. The summed E-state index contributed by atoms with van der Waals surface area (Å²) in [4.78, 5) is 0. The van der Waals surface area contributed by atoms with E-state index in [2.05, 4.69) is 11.4 Å². The number of ether oxygens (including phenoxy) is 2. The predicted octanol–water partition coefficient (Wildman–Crippen LogP) is 2.82. The molecule has 2 N–H and O–H groups in total. The number of benzene rings is 2. The molecule has 5 nitrogen and oxygen atoms in total. The van der Waals surface area contributed by atoms with Crippen LogP contribution in [0.3, 0.4) is 0 Å². The van der Waals surface area contributed by atoms with E-state index >= 15 is 0 Å². The molecule has 3 rings (SSSR count). The van der Waals surface area contributed by atoms with Crippen LogP contribution in [0, 0.1) is 11.3 Å². The zero-order valence-corrected chi connectivity index (χ0v) is 11.5. The number of nitrogens with zero attached hydrogens (tertiary/aromatic N) is 1. The molecule has 1 aliphatic heterocycles. The van der Waals surface area contributed by atoms with Gasteiger partial charge in [0, 0.05) is 11.6 Å². The highest BCUT2D eigenvalue weighted by molar-refractivity contribution is 5.67. The Morgan fingerprint density at radius 3 is 3.00 bits per heavy atom. The number of methoxy groups -OCH3 is 1. The topological polar surface area (TPSA) is 74.5 Å². The van der Waals surface area contributed by atoms with Crippen molar-refractivity contribution in [3.8, 4) is 23.3 Å². The van der Waals surface area contributed by atoms with Crippen LogP contribution in [0.15, 0.2) is 36.4 Å². The van der Waals surface area contributed by atoms with Crippen molar-refractivity contribution in [2.75, 3.05) is 19.0 Å². The summed E-state index contributed by atoms with van der Waals surface area (Å²) in [5.74, 6) is 1.44. The lowest BCUT2D eigenvalue weighted by molar-refractivity contribution is 0.337. The summed E-state index contributed by atoms with van der Waals surface area (Å²) in [6, 6.07) is 12.4. The first-order valence-corrected chi connectivity index (χ1v) is 6.52. The third-order valence-electron chi connectivity index (χ3n) is 3.46. The van der Waals surface area contributed by atoms with Crippen molar-refractivity contribution in [2.24, 2.45) is 0 Å². The van der Waals surface area contributed by atoms with Crippen molar-refractivity contribution in [1.82, 2.24) is 0 Å². The molecule has 1 unspecified atom stereocenters. The molecule has 0 saturated carbocycles. The lowest BCUT2D eigenvalue weighted by atomic mass is 10.1.